The summed E-state index contributed by atoms with van der Waals surface area (Å²) in [6.07, 6.45) is -4.60. The highest BCUT2D eigenvalue weighted by Crippen LogP contribution is 2.14. The lowest BCUT2D eigenvalue weighted by Crippen LogP contribution is -2.38. The van der Waals surface area contributed by atoms with Crippen LogP contribution in [0.1, 0.15) is 19.8 Å². The molecule has 7 heteroatoms. The minimum absolute atomic E-state index is 0.00630. The van der Waals surface area contributed by atoms with Crippen LogP contribution in [0.3, 0.4) is 0 Å². The third kappa shape index (κ3) is 5.24. The van der Waals surface area contributed by atoms with Crippen molar-refractivity contribution >= 4 is 11.9 Å². The van der Waals surface area contributed by atoms with Crippen LogP contribution in [0.4, 0.5) is 13.2 Å². The van der Waals surface area contributed by atoms with Crippen LogP contribution in [-0.2, 0) is 9.59 Å². The third-order valence-electron chi connectivity index (χ3n) is 1.88. The molecule has 0 aromatic carbocycles. The monoisotopic (exact) mass is 227 g/mol. The normalized spacial score (nSPS) is 13.3. The third-order valence-corrected chi connectivity index (χ3v) is 1.88. The molecule has 0 saturated carbocycles. The van der Waals surface area contributed by atoms with Crippen LogP contribution >= 0.6 is 0 Å². The van der Waals surface area contributed by atoms with E-state index in [1.54, 1.807) is 12.2 Å². The van der Waals surface area contributed by atoms with E-state index in [4.69, 9.17) is 5.11 Å². The Morgan fingerprint density at radius 2 is 1.93 bits per heavy atom. The first-order valence-electron chi connectivity index (χ1n) is 4.36. The van der Waals surface area contributed by atoms with Crippen molar-refractivity contribution in [2.24, 2.45) is 5.92 Å². The number of carboxylic acid groups (broad SMARTS) is 1. The second kappa shape index (κ2) is 5.57. The van der Waals surface area contributed by atoms with Crippen molar-refractivity contribution in [2.45, 2.75) is 25.9 Å². The van der Waals surface area contributed by atoms with Crippen LogP contribution in [0.15, 0.2) is 0 Å². The van der Waals surface area contributed by atoms with Gasteiger partial charge in [0.15, 0.2) is 0 Å². The molecule has 0 rings (SSSR count). The first-order valence-corrected chi connectivity index (χ1v) is 4.36. The number of carbonyl (C=O) groups is 2. The van der Waals surface area contributed by atoms with Gasteiger partial charge in [-0.3, -0.25) is 9.59 Å². The van der Waals surface area contributed by atoms with E-state index in [1.165, 1.54) is 0 Å². The quantitative estimate of drug-likeness (QED) is 0.740. The topological polar surface area (TPSA) is 66.4 Å². The van der Waals surface area contributed by atoms with E-state index in [0.717, 1.165) is 0 Å². The first-order chi connectivity index (χ1) is 6.79. The van der Waals surface area contributed by atoms with Gasteiger partial charge in [0.2, 0.25) is 0 Å². The fraction of sp³-hybridized carbons (Fsp3) is 0.750. The molecular formula is C8H12F3NO3. The minimum Gasteiger partial charge on any atom is -0.481 e. The molecule has 0 radical (unpaired) electrons. The minimum atomic E-state index is -4.91. The van der Waals surface area contributed by atoms with Gasteiger partial charge in [0.25, 0.3) is 0 Å². The molecule has 0 aromatic rings. The first kappa shape index (κ1) is 13.7. The Labute approximate surface area is 84.5 Å². The number of halogens is 3. The van der Waals surface area contributed by atoms with Gasteiger partial charge in [0.1, 0.15) is 0 Å². The number of hydrogen-bond donors (Lipinski definition) is 2. The smallest absolute Gasteiger partial charge is 0.471 e. The summed E-state index contributed by atoms with van der Waals surface area (Å²) in [5, 5.41) is 10.2. The molecule has 4 nitrogen and oxygen atoms in total. The summed E-state index contributed by atoms with van der Waals surface area (Å²) in [6, 6.07) is 0. The molecular weight excluding hydrogens is 215 g/mol. The molecule has 0 spiro atoms. The Morgan fingerprint density at radius 1 is 1.40 bits per heavy atom. The van der Waals surface area contributed by atoms with Crippen LogP contribution in [-0.4, -0.2) is 29.7 Å². The second-order valence-electron chi connectivity index (χ2n) is 2.99. The highest BCUT2D eigenvalue weighted by atomic mass is 19.4. The SMILES string of the molecule is CCC(CCNC(=O)C(F)(F)F)C(=O)O. The maximum Gasteiger partial charge on any atom is 0.471 e. The van der Waals surface area contributed by atoms with Crippen LogP contribution < -0.4 is 5.32 Å². The van der Waals surface area contributed by atoms with Gasteiger partial charge in [0, 0.05) is 6.54 Å². The van der Waals surface area contributed by atoms with Gasteiger partial charge in [-0.2, -0.15) is 13.2 Å². The largest absolute Gasteiger partial charge is 0.481 e. The number of hydrogen-bond acceptors (Lipinski definition) is 2. The number of carbonyl (C=O) groups excluding carboxylic acids is 1. The van der Waals surface area contributed by atoms with E-state index in [1.807, 2.05) is 0 Å². The lowest BCUT2D eigenvalue weighted by Gasteiger charge is -2.11. The predicted octanol–water partition coefficient (Wildman–Crippen LogP) is 1.17. The number of aliphatic carboxylic acids is 1. The summed E-state index contributed by atoms with van der Waals surface area (Å²) in [6.45, 7) is 1.33. The number of rotatable bonds is 5. The van der Waals surface area contributed by atoms with E-state index in [9.17, 15) is 22.8 Å². The van der Waals surface area contributed by atoms with Crippen LogP contribution in [0.2, 0.25) is 0 Å². The summed E-state index contributed by atoms with van der Waals surface area (Å²) in [5.41, 5.74) is 0. The molecule has 1 atom stereocenters. The van der Waals surface area contributed by atoms with E-state index < -0.39 is 24.0 Å². The van der Waals surface area contributed by atoms with Crippen LogP contribution in [0.25, 0.3) is 0 Å². The molecule has 0 aliphatic carbocycles. The fourth-order valence-electron chi connectivity index (χ4n) is 0.962. The van der Waals surface area contributed by atoms with Crippen molar-refractivity contribution in [3.05, 3.63) is 0 Å². The fourth-order valence-corrected chi connectivity index (χ4v) is 0.962. The standard InChI is InChI=1S/C8H12F3NO3/c1-2-5(6(13)14)3-4-12-7(15)8(9,10)11/h5H,2-4H2,1H3,(H,12,15)(H,13,14). The Morgan fingerprint density at radius 3 is 2.27 bits per heavy atom. The van der Waals surface area contributed by atoms with Gasteiger partial charge < -0.3 is 10.4 Å². The van der Waals surface area contributed by atoms with Gasteiger partial charge in [-0.1, -0.05) is 6.92 Å². The van der Waals surface area contributed by atoms with E-state index in [2.05, 4.69) is 0 Å². The molecule has 2 N–H and O–H groups in total. The average Bonchev–Trinajstić information content (AvgIpc) is 2.09. The van der Waals surface area contributed by atoms with Crippen molar-refractivity contribution in [1.29, 1.82) is 0 Å². The maximum atomic E-state index is 11.7. The molecule has 0 aliphatic heterocycles. The molecule has 0 saturated heterocycles. The number of nitrogens with one attached hydrogen (secondary N) is 1. The summed E-state index contributed by atoms with van der Waals surface area (Å²) in [5.74, 6) is -3.83. The summed E-state index contributed by atoms with van der Waals surface area (Å²) in [7, 11) is 0. The van der Waals surface area contributed by atoms with E-state index in [0.29, 0.717) is 6.42 Å². The number of amides is 1. The molecule has 1 unspecified atom stereocenters. The molecule has 0 heterocycles. The lowest BCUT2D eigenvalue weighted by atomic mass is 10.0. The summed E-state index contributed by atoms with van der Waals surface area (Å²) in [4.78, 5) is 20.8. The second-order valence-corrected chi connectivity index (χ2v) is 2.99. The number of alkyl halides is 3. The average molecular weight is 227 g/mol. The van der Waals surface area contributed by atoms with E-state index >= 15 is 0 Å². The highest BCUT2D eigenvalue weighted by Gasteiger charge is 2.38. The highest BCUT2D eigenvalue weighted by molar-refractivity contribution is 5.81. The van der Waals surface area contributed by atoms with Crippen molar-refractivity contribution in [3.8, 4) is 0 Å². The van der Waals surface area contributed by atoms with Crippen molar-refractivity contribution in [1.82, 2.24) is 5.32 Å². The molecule has 88 valence electrons. The molecule has 0 aliphatic rings. The Bertz CT molecular complexity index is 240. The van der Waals surface area contributed by atoms with Gasteiger partial charge in [-0.05, 0) is 12.8 Å². The maximum absolute atomic E-state index is 11.7. The Hall–Kier alpha value is -1.27. The molecule has 0 fully saturated rings. The van der Waals surface area contributed by atoms with Crippen molar-refractivity contribution in [3.63, 3.8) is 0 Å². The summed E-state index contributed by atoms with van der Waals surface area (Å²) < 4.78 is 35.1. The zero-order valence-corrected chi connectivity index (χ0v) is 8.10. The Kier molecular flexibility index (Phi) is 5.10. The Balaban J connectivity index is 3.89. The molecule has 1 amide bonds. The van der Waals surface area contributed by atoms with E-state index in [-0.39, 0.29) is 13.0 Å². The summed E-state index contributed by atoms with van der Waals surface area (Å²) >= 11 is 0. The molecule has 15 heavy (non-hydrogen) atoms. The molecule has 0 bridgehead atoms. The predicted molar refractivity (Wildman–Crippen MR) is 45.1 cm³/mol. The van der Waals surface area contributed by atoms with Crippen LogP contribution in [0, 0.1) is 5.92 Å². The lowest BCUT2D eigenvalue weighted by molar-refractivity contribution is -0.173. The number of carboxylic acids is 1. The van der Waals surface area contributed by atoms with Crippen LogP contribution in [0.5, 0.6) is 0 Å². The van der Waals surface area contributed by atoms with Crippen molar-refractivity contribution < 1.29 is 27.9 Å². The zero-order chi connectivity index (χ0) is 12.1. The van der Waals surface area contributed by atoms with Gasteiger partial charge in [-0.15, -0.1) is 0 Å². The van der Waals surface area contributed by atoms with Gasteiger partial charge in [0.05, 0.1) is 5.92 Å². The van der Waals surface area contributed by atoms with Gasteiger partial charge >= 0.3 is 18.1 Å². The molecule has 0 aromatic heterocycles. The van der Waals surface area contributed by atoms with Gasteiger partial charge in [-0.25, -0.2) is 0 Å². The zero-order valence-electron chi connectivity index (χ0n) is 8.10. The van der Waals surface area contributed by atoms with Crippen molar-refractivity contribution in [2.75, 3.05) is 6.54 Å².